The van der Waals surface area contributed by atoms with Crippen LogP contribution in [0.4, 0.5) is 0 Å². The fourth-order valence-corrected chi connectivity index (χ4v) is 3.58. The molecule has 1 fully saturated rings. The Kier molecular flexibility index (Phi) is 6.35. The van der Waals surface area contributed by atoms with Crippen molar-refractivity contribution in [3.8, 4) is 5.75 Å². The van der Waals surface area contributed by atoms with Gasteiger partial charge in [0.25, 0.3) is 5.91 Å². The van der Waals surface area contributed by atoms with Crippen LogP contribution in [0.1, 0.15) is 23.7 Å². The number of carbonyl (C=O) groups is 1. The van der Waals surface area contributed by atoms with Gasteiger partial charge in [0, 0.05) is 36.2 Å². The first-order chi connectivity index (χ1) is 10.2. The number of nitrogens with one attached hydrogen (secondary N) is 1. The predicted molar refractivity (Wildman–Crippen MR) is 86.6 cm³/mol. The summed E-state index contributed by atoms with van der Waals surface area (Å²) in [5.74, 6) is 6.73. The van der Waals surface area contributed by atoms with Crippen molar-refractivity contribution in [2.24, 2.45) is 5.84 Å². The first-order valence-electron chi connectivity index (χ1n) is 7.30. The Balaban J connectivity index is 1.79. The Labute approximate surface area is 130 Å². The first kappa shape index (κ1) is 16.1. The van der Waals surface area contributed by atoms with Crippen LogP contribution in [0.3, 0.4) is 0 Å². The van der Waals surface area contributed by atoms with E-state index in [0.29, 0.717) is 17.9 Å². The van der Waals surface area contributed by atoms with Gasteiger partial charge in [-0.2, -0.15) is 11.8 Å². The molecule has 5 nitrogen and oxygen atoms in total. The highest BCUT2D eigenvalue weighted by atomic mass is 32.2. The molecule has 1 atom stereocenters. The van der Waals surface area contributed by atoms with Crippen LogP contribution in [0.15, 0.2) is 24.3 Å². The quantitative estimate of drug-likeness (QED) is 0.473. The summed E-state index contributed by atoms with van der Waals surface area (Å²) in [5.41, 5.74) is 2.63. The number of benzene rings is 1. The molecule has 0 saturated carbocycles. The summed E-state index contributed by atoms with van der Waals surface area (Å²) in [6.45, 7) is 6.06. The number of nitrogens with zero attached hydrogens (tertiary/aromatic N) is 1. The maximum atomic E-state index is 11.5. The molecule has 21 heavy (non-hydrogen) atoms. The lowest BCUT2D eigenvalue weighted by atomic mass is 10.2. The van der Waals surface area contributed by atoms with Crippen LogP contribution in [-0.2, 0) is 0 Å². The molecule has 1 aliphatic rings. The topological polar surface area (TPSA) is 67.6 Å². The second-order valence-corrected chi connectivity index (χ2v) is 6.46. The molecule has 116 valence electrons. The fraction of sp³-hybridized carbons (Fsp3) is 0.533. The SMILES string of the molecule is CCC1CN(CCOc2cccc(C(=O)NN)c2)CCS1. The zero-order chi connectivity index (χ0) is 15.1. The molecule has 0 spiro atoms. The average Bonchev–Trinajstić information content (AvgIpc) is 2.54. The Bertz CT molecular complexity index is 470. The normalized spacial score (nSPS) is 19.2. The van der Waals surface area contributed by atoms with Crippen molar-refractivity contribution in [2.75, 3.05) is 32.0 Å². The fourth-order valence-electron chi connectivity index (χ4n) is 2.33. The lowest BCUT2D eigenvalue weighted by Gasteiger charge is -2.31. The van der Waals surface area contributed by atoms with Gasteiger partial charge in [0.05, 0.1) is 0 Å². The molecule has 3 N–H and O–H groups in total. The van der Waals surface area contributed by atoms with Gasteiger partial charge in [-0.15, -0.1) is 0 Å². The molecule has 0 aromatic heterocycles. The van der Waals surface area contributed by atoms with Gasteiger partial charge >= 0.3 is 0 Å². The van der Waals surface area contributed by atoms with Crippen LogP contribution in [-0.4, -0.2) is 48.1 Å². The highest BCUT2D eigenvalue weighted by Crippen LogP contribution is 2.21. The number of rotatable bonds is 6. The lowest BCUT2D eigenvalue weighted by molar-refractivity contribution is 0.0953. The van der Waals surface area contributed by atoms with Crippen molar-refractivity contribution >= 4 is 17.7 Å². The van der Waals surface area contributed by atoms with Crippen molar-refractivity contribution in [2.45, 2.75) is 18.6 Å². The standard InChI is InChI=1S/C15H23N3O2S/c1-2-14-11-18(7-9-21-14)6-8-20-13-5-3-4-12(10-13)15(19)17-16/h3-5,10,14H,2,6-9,11,16H2,1H3,(H,17,19). The largest absolute Gasteiger partial charge is 0.492 e. The van der Waals surface area contributed by atoms with E-state index in [1.54, 1.807) is 18.2 Å². The van der Waals surface area contributed by atoms with Gasteiger partial charge in [-0.05, 0) is 24.6 Å². The van der Waals surface area contributed by atoms with E-state index in [1.165, 1.54) is 12.2 Å². The highest BCUT2D eigenvalue weighted by molar-refractivity contribution is 8.00. The van der Waals surface area contributed by atoms with Crippen LogP contribution in [0.2, 0.25) is 0 Å². The Morgan fingerprint density at radius 2 is 2.43 bits per heavy atom. The van der Waals surface area contributed by atoms with E-state index in [4.69, 9.17) is 10.6 Å². The maximum absolute atomic E-state index is 11.5. The summed E-state index contributed by atoms with van der Waals surface area (Å²) < 4.78 is 5.74. The van der Waals surface area contributed by atoms with Gasteiger partial charge in [0.2, 0.25) is 0 Å². The van der Waals surface area contributed by atoms with Crippen molar-refractivity contribution in [3.63, 3.8) is 0 Å². The van der Waals surface area contributed by atoms with Crippen LogP contribution in [0, 0.1) is 0 Å². The molecule has 1 heterocycles. The number of hydrazine groups is 1. The molecule has 1 unspecified atom stereocenters. The van der Waals surface area contributed by atoms with Crippen molar-refractivity contribution in [1.29, 1.82) is 0 Å². The second kappa shape index (κ2) is 8.26. The minimum absolute atomic E-state index is 0.306. The zero-order valence-corrected chi connectivity index (χ0v) is 13.2. The predicted octanol–water partition coefficient (Wildman–Crippen LogP) is 1.50. The summed E-state index contributed by atoms with van der Waals surface area (Å²) in [6, 6.07) is 7.07. The molecule has 1 saturated heterocycles. The first-order valence-corrected chi connectivity index (χ1v) is 8.35. The van der Waals surface area contributed by atoms with Gasteiger partial charge in [-0.25, -0.2) is 5.84 Å². The van der Waals surface area contributed by atoms with Gasteiger partial charge in [-0.1, -0.05) is 13.0 Å². The number of amides is 1. The summed E-state index contributed by atoms with van der Waals surface area (Å²) in [7, 11) is 0. The van der Waals surface area contributed by atoms with E-state index in [9.17, 15) is 4.79 Å². The number of nitrogen functional groups attached to an aromatic ring is 1. The molecule has 1 aliphatic heterocycles. The van der Waals surface area contributed by atoms with Crippen molar-refractivity contribution in [1.82, 2.24) is 10.3 Å². The van der Waals surface area contributed by atoms with Crippen molar-refractivity contribution in [3.05, 3.63) is 29.8 Å². The summed E-state index contributed by atoms with van der Waals surface area (Å²) in [6.07, 6.45) is 1.22. The molecule has 1 aromatic carbocycles. The lowest BCUT2D eigenvalue weighted by Crippen LogP contribution is -2.39. The van der Waals surface area contributed by atoms with Gasteiger partial charge in [-0.3, -0.25) is 15.1 Å². The summed E-state index contributed by atoms with van der Waals surface area (Å²) >= 11 is 2.07. The van der Waals surface area contributed by atoms with Crippen LogP contribution in [0.5, 0.6) is 5.75 Å². The number of thioether (sulfide) groups is 1. The van der Waals surface area contributed by atoms with Gasteiger partial charge < -0.3 is 4.74 Å². The molecule has 6 heteroatoms. The third-order valence-electron chi connectivity index (χ3n) is 3.58. The Morgan fingerprint density at radius 3 is 3.19 bits per heavy atom. The molecular weight excluding hydrogens is 286 g/mol. The van der Waals surface area contributed by atoms with Crippen LogP contribution in [0.25, 0.3) is 0 Å². The minimum Gasteiger partial charge on any atom is -0.492 e. The number of ether oxygens (including phenoxy) is 1. The molecule has 0 radical (unpaired) electrons. The molecule has 0 bridgehead atoms. The number of hydrogen-bond donors (Lipinski definition) is 2. The van der Waals surface area contributed by atoms with Gasteiger partial charge in [0.1, 0.15) is 12.4 Å². The third kappa shape index (κ3) is 4.91. The van der Waals surface area contributed by atoms with E-state index < -0.39 is 0 Å². The highest BCUT2D eigenvalue weighted by Gasteiger charge is 2.18. The molecule has 0 aliphatic carbocycles. The van der Waals surface area contributed by atoms with Crippen LogP contribution < -0.4 is 16.0 Å². The summed E-state index contributed by atoms with van der Waals surface area (Å²) in [5, 5.41) is 0.746. The van der Waals surface area contributed by atoms with E-state index in [-0.39, 0.29) is 5.91 Å². The zero-order valence-electron chi connectivity index (χ0n) is 12.4. The van der Waals surface area contributed by atoms with Gasteiger partial charge in [0.15, 0.2) is 0 Å². The minimum atomic E-state index is -0.306. The molecular formula is C15H23N3O2S. The number of hydrogen-bond acceptors (Lipinski definition) is 5. The molecule has 1 amide bonds. The van der Waals surface area contributed by atoms with Crippen molar-refractivity contribution < 1.29 is 9.53 Å². The average molecular weight is 309 g/mol. The van der Waals surface area contributed by atoms with Crippen LogP contribution >= 0.6 is 11.8 Å². The van der Waals surface area contributed by atoms with E-state index in [2.05, 4.69) is 29.0 Å². The van der Waals surface area contributed by atoms with E-state index >= 15 is 0 Å². The Morgan fingerprint density at radius 1 is 1.57 bits per heavy atom. The molecule has 2 rings (SSSR count). The molecule has 1 aromatic rings. The summed E-state index contributed by atoms with van der Waals surface area (Å²) in [4.78, 5) is 13.9. The number of carbonyl (C=O) groups excluding carboxylic acids is 1. The monoisotopic (exact) mass is 309 g/mol. The third-order valence-corrected chi connectivity index (χ3v) is 4.95. The Hall–Kier alpha value is -1.24. The second-order valence-electron chi connectivity index (χ2n) is 5.05. The smallest absolute Gasteiger partial charge is 0.265 e. The van der Waals surface area contributed by atoms with E-state index in [0.717, 1.165) is 24.9 Å². The maximum Gasteiger partial charge on any atom is 0.265 e. The number of nitrogens with two attached hydrogens (primary N) is 1. The van der Waals surface area contributed by atoms with E-state index in [1.807, 2.05) is 6.07 Å².